The number of halogens is 1. The molecule has 0 aliphatic carbocycles. The van der Waals surface area contributed by atoms with Gasteiger partial charge < -0.3 is 25.1 Å². The number of carbonyl (C=O) groups is 2. The molecule has 0 radical (unpaired) electrons. The van der Waals surface area contributed by atoms with Gasteiger partial charge in [-0.3, -0.25) is 14.2 Å². The molecule has 0 saturated carbocycles. The fourth-order valence-corrected chi connectivity index (χ4v) is 4.04. The highest BCUT2D eigenvalue weighted by molar-refractivity contribution is 7.89. The van der Waals surface area contributed by atoms with Crippen molar-refractivity contribution in [2.24, 2.45) is 0 Å². The minimum atomic E-state index is -4.20. The van der Waals surface area contributed by atoms with Crippen LogP contribution in [0.4, 0.5) is 10.3 Å². The maximum atomic E-state index is 15.1. The van der Waals surface area contributed by atoms with Crippen molar-refractivity contribution in [2.45, 2.75) is 50.4 Å². The first-order chi connectivity index (χ1) is 15.9. The Morgan fingerprint density at radius 1 is 1.38 bits per heavy atom. The van der Waals surface area contributed by atoms with E-state index >= 15 is 4.39 Å². The molecule has 2 aromatic rings. The minimum Gasteiger partial charge on any atom is -0.463 e. The van der Waals surface area contributed by atoms with Crippen LogP contribution in [0.25, 0.3) is 11.2 Å². The SMILES string of the molecule is CNS(=O)(=O)C(O)Cn1c(=O)n([C@@H]2O[C@H](COC(C)=O)[C@@H](F)[C@H]2OC(C)=O)c2nc(N)ncc21. The number of fused-ring (bicyclic) bond motifs is 1. The van der Waals surface area contributed by atoms with Crippen molar-refractivity contribution in [1.29, 1.82) is 0 Å². The second-order valence-electron chi connectivity index (χ2n) is 7.29. The molecule has 5 atom stereocenters. The van der Waals surface area contributed by atoms with Crippen LogP contribution >= 0.6 is 0 Å². The number of aliphatic hydroxyl groups excluding tert-OH is 1. The van der Waals surface area contributed by atoms with Crippen LogP contribution in [0.5, 0.6) is 0 Å². The van der Waals surface area contributed by atoms with E-state index in [1.165, 1.54) is 0 Å². The fraction of sp³-hybridized carbons (Fsp3) is 0.588. The molecular weight excluding hydrogens is 483 g/mol. The lowest BCUT2D eigenvalue weighted by atomic mass is 10.1. The summed E-state index contributed by atoms with van der Waals surface area (Å²) in [6.07, 6.45) is -5.56. The number of hydrogen-bond donors (Lipinski definition) is 3. The van der Waals surface area contributed by atoms with Crippen molar-refractivity contribution in [3.8, 4) is 0 Å². The van der Waals surface area contributed by atoms with Crippen molar-refractivity contribution >= 4 is 39.1 Å². The average Bonchev–Trinajstić information content (AvgIpc) is 3.19. The first kappa shape index (κ1) is 25.5. The Hall–Kier alpha value is -3.15. The zero-order chi connectivity index (χ0) is 25.4. The van der Waals surface area contributed by atoms with Gasteiger partial charge in [-0.15, -0.1) is 0 Å². The smallest absolute Gasteiger partial charge is 0.332 e. The third kappa shape index (κ3) is 4.86. The van der Waals surface area contributed by atoms with Crippen LogP contribution in [-0.2, 0) is 40.4 Å². The predicted octanol–water partition coefficient (Wildman–Crippen LogP) is -2.23. The molecule has 15 nitrogen and oxygen atoms in total. The van der Waals surface area contributed by atoms with Gasteiger partial charge >= 0.3 is 17.6 Å². The molecule has 1 saturated heterocycles. The Morgan fingerprint density at radius 3 is 2.65 bits per heavy atom. The third-order valence-electron chi connectivity index (χ3n) is 4.98. The molecule has 0 bridgehead atoms. The maximum absolute atomic E-state index is 15.1. The molecule has 188 valence electrons. The second-order valence-corrected chi connectivity index (χ2v) is 9.33. The van der Waals surface area contributed by atoms with Gasteiger partial charge in [-0.25, -0.2) is 31.9 Å². The summed E-state index contributed by atoms with van der Waals surface area (Å²) >= 11 is 0. The molecule has 3 heterocycles. The number of aromatic nitrogens is 4. The van der Waals surface area contributed by atoms with E-state index in [1.807, 2.05) is 4.72 Å². The molecule has 1 aliphatic heterocycles. The van der Waals surface area contributed by atoms with Crippen molar-refractivity contribution in [1.82, 2.24) is 23.8 Å². The fourth-order valence-electron chi connectivity index (χ4n) is 3.42. The summed E-state index contributed by atoms with van der Waals surface area (Å²) in [5.74, 6) is -1.87. The highest BCUT2D eigenvalue weighted by atomic mass is 32.2. The number of imidazole rings is 1. The predicted molar refractivity (Wildman–Crippen MR) is 111 cm³/mol. The Labute approximate surface area is 191 Å². The van der Waals surface area contributed by atoms with Crippen molar-refractivity contribution < 1.29 is 41.7 Å². The summed E-state index contributed by atoms with van der Waals surface area (Å²) < 4.78 is 58.0. The van der Waals surface area contributed by atoms with Crippen LogP contribution in [0.15, 0.2) is 11.0 Å². The molecule has 1 fully saturated rings. The number of nitrogens with zero attached hydrogens (tertiary/aromatic N) is 4. The summed E-state index contributed by atoms with van der Waals surface area (Å²) in [5.41, 5.74) is 2.34. The summed E-state index contributed by atoms with van der Waals surface area (Å²) in [6.45, 7) is 0.841. The Balaban J connectivity index is 2.14. The number of rotatable bonds is 8. The molecule has 17 heteroatoms. The number of nitrogen functional groups attached to an aromatic ring is 1. The number of nitrogens with two attached hydrogens (primary N) is 1. The van der Waals surface area contributed by atoms with Gasteiger partial charge in [0.2, 0.25) is 16.0 Å². The lowest BCUT2D eigenvalue weighted by molar-refractivity contribution is -0.154. The standard InChI is InChI=1S/C17H23FN6O9S/c1-7(25)31-6-10-12(18)13(32-8(2)26)15(33-10)24-14-9(4-21-16(19)22-14)23(17(24)28)5-11(27)34(29,30)20-3/h4,10-13,15,20,27H,5-6H2,1-3H3,(H2,19,21,22)/t10-,11?,12-,13-,15-/m1/s1. The minimum absolute atomic E-state index is 0.0615. The van der Waals surface area contributed by atoms with Gasteiger partial charge in [0, 0.05) is 13.8 Å². The van der Waals surface area contributed by atoms with E-state index in [0.29, 0.717) is 0 Å². The van der Waals surface area contributed by atoms with Crippen LogP contribution in [0, 0.1) is 0 Å². The second kappa shape index (κ2) is 9.61. The summed E-state index contributed by atoms with van der Waals surface area (Å²) in [7, 11) is -3.12. The number of esters is 2. The van der Waals surface area contributed by atoms with E-state index < -0.39 is 70.8 Å². The highest BCUT2D eigenvalue weighted by Crippen LogP contribution is 2.35. The maximum Gasteiger partial charge on any atom is 0.332 e. The van der Waals surface area contributed by atoms with Crippen LogP contribution in [-0.4, -0.2) is 82.0 Å². The number of anilines is 1. The molecule has 0 amide bonds. The summed E-state index contributed by atoms with van der Waals surface area (Å²) in [5, 5.41) is 10.1. The number of hydrogen-bond acceptors (Lipinski definition) is 12. The number of carbonyl (C=O) groups excluding carboxylic acids is 2. The van der Waals surface area contributed by atoms with Gasteiger partial charge in [0.05, 0.1) is 12.7 Å². The quantitative estimate of drug-likeness (QED) is 0.325. The molecule has 1 aliphatic rings. The van der Waals surface area contributed by atoms with E-state index in [1.54, 1.807) is 0 Å². The van der Waals surface area contributed by atoms with Gasteiger partial charge in [-0.1, -0.05) is 0 Å². The van der Waals surface area contributed by atoms with E-state index in [9.17, 15) is 27.9 Å². The number of ether oxygens (including phenoxy) is 3. The van der Waals surface area contributed by atoms with E-state index in [4.69, 9.17) is 19.9 Å². The van der Waals surface area contributed by atoms with Gasteiger partial charge in [0.25, 0.3) is 0 Å². The summed E-state index contributed by atoms with van der Waals surface area (Å²) in [4.78, 5) is 43.8. The summed E-state index contributed by atoms with van der Waals surface area (Å²) in [6, 6.07) is 0. The number of aliphatic hydroxyl groups is 1. The van der Waals surface area contributed by atoms with Crippen molar-refractivity contribution in [3.05, 3.63) is 16.7 Å². The van der Waals surface area contributed by atoms with Gasteiger partial charge in [-0.05, 0) is 7.05 Å². The molecule has 3 rings (SSSR count). The molecule has 34 heavy (non-hydrogen) atoms. The third-order valence-corrected chi connectivity index (χ3v) is 6.41. The normalized spacial score (nSPS) is 23.7. The van der Waals surface area contributed by atoms with E-state index in [2.05, 4.69) is 9.97 Å². The average molecular weight is 506 g/mol. The topological polar surface area (TPSA) is 207 Å². The number of sulfonamides is 1. The van der Waals surface area contributed by atoms with Crippen molar-refractivity contribution in [3.63, 3.8) is 0 Å². The van der Waals surface area contributed by atoms with Gasteiger partial charge in [0.15, 0.2) is 29.6 Å². The largest absolute Gasteiger partial charge is 0.463 e. The van der Waals surface area contributed by atoms with Crippen molar-refractivity contribution in [2.75, 3.05) is 19.4 Å². The number of nitrogens with one attached hydrogen (secondary N) is 1. The first-order valence-electron chi connectivity index (χ1n) is 9.81. The van der Waals surface area contributed by atoms with E-state index in [-0.39, 0.29) is 17.1 Å². The lowest BCUT2D eigenvalue weighted by Gasteiger charge is -2.20. The zero-order valence-electron chi connectivity index (χ0n) is 18.2. The monoisotopic (exact) mass is 506 g/mol. The van der Waals surface area contributed by atoms with Crippen LogP contribution in [0.2, 0.25) is 0 Å². The van der Waals surface area contributed by atoms with Crippen LogP contribution in [0.3, 0.4) is 0 Å². The van der Waals surface area contributed by atoms with Gasteiger partial charge in [0.1, 0.15) is 18.2 Å². The molecular formula is C17H23FN6O9S. The molecule has 2 aromatic heterocycles. The Morgan fingerprint density at radius 2 is 2.06 bits per heavy atom. The van der Waals surface area contributed by atoms with Gasteiger partial charge in [-0.2, -0.15) is 4.98 Å². The molecule has 0 spiro atoms. The zero-order valence-corrected chi connectivity index (χ0v) is 19.1. The Bertz CT molecular complexity index is 1260. The van der Waals surface area contributed by atoms with Crippen LogP contribution in [0.1, 0.15) is 20.1 Å². The molecule has 1 unspecified atom stereocenters. The first-order valence-corrected chi connectivity index (χ1v) is 11.4. The molecule has 0 aromatic carbocycles. The molecule has 4 N–H and O–H groups in total. The Kier molecular flexibility index (Phi) is 7.20. The van der Waals surface area contributed by atoms with E-state index in [0.717, 1.165) is 36.2 Å². The number of alkyl halides is 1. The lowest BCUT2D eigenvalue weighted by Crippen LogP contribution is -2.40. The highest BCUT2D eigenvalue weighted by Gasteiger charge is 2.50. The van der Waals surface area contributed by atoms with Crippen LogP contribution < -0.4 is 16.1 Å².